The maximum Gasteiger partial charge on any atom is 0.337 e. The van der Waals surface area contributed by atoms with Gasteiger partial charge in [-0.05, 0) is 24.6 Å². The van der Waals surface area contributed by atoms with Gasteiger partial charge in [0.2, 0.25) is 0 Å². The minimum Gasteiger partial charge on any atom is -0.465 e. The van der Waals surface area contributed by atoms with Crippen molar-refractivity contribution in [3.63, 3.8) is 0 Å². The second-order valence-electron chi connectivity index (χ2n) is 4.15. The molecule has 1 fully saturated rings. The van der Waals surface area contributed by atoms with Crippen molar-refractivity contribution >= 4 is 17.3 Å². The van der Waals surface area contributed by atoms with Gasteiger partial charge >= 0.3 is 5.97 Å². The number of hydrogen-bond acceptors (Lipinski definition) is 5. The Morgan fingerprint density at radius 1 is 1.59 bits per heavy atom. The lowest BCUT2D eigenvalue weighted by Gasteiger charge is -2.20. The highest BCUT2D eigenvalue weighted by Crippen LogP contribution is 2.28. The van der Waals surface area contributed by atoms with Gasteiger partial charge in [-0.2, -0.15) is 0 Å². The third kappa shape index (κ3) is 2.34. The van der Waals surface area contributed by atoms with E-state index in [9.17, 15) is 9.90 Å². The summed E-state index contributed by atoms with van der Waals surface area (Å²) in [4.78, 5) is 13.4. The molecule has 0 aromatic heterocycles. The summed E-state index contributed by atoms with van der Waals surface area (Å²) in [6.45, 7) is 1.30. The van der Waals surface area contributed by atoms with Gasteiger partial charge in [-0.15, -0.1) is 0 Å². The van der Waals surface area contributed by atoms with Crippen LogP contribution >= 0.6 is 0 Å². The summed E-state index contributed by atoms with van der Waals surface area (Å²) in [6, 6.07) is 5.03. The standard InChI is InChI=1S/C12H16N2O3/c1-17-12(16)8-2-3-10(13)11(6-8)14-5-4-9(15)7-14/h2-3,6,9,15H,4-5,7,13H2,1H3. The Morgan fingerprint density at radius 3 is 2.94 bits per heavy atom. The number of β-amino-alcohol motifs (C(OH)–C–C–N with tert-alkyl or cyclic N) is 1. The van der Waals surface area contributed by atoms with Crippen LogP contribution in [0.15, 0.2) is 18.2 Å². The summed E-state index contributed by atoms with van der Waals surface area (Å²) in [5.41, 5.74) is 7.74. The monoisotopic (exact) mass is 236 g/mol. The molecule has 1 aromatic carbocycles. The number of benzene rings is 1. The number of nitrogen functional groups attached to an aromatic ring is 1. The van der Waals surface area contributed by atoms with Gasteiger partial charge in [0.15, 0.2) is 0 Å². The summed E-state index contributed by atoms with van der Waals surface area (Å²) >= 11 is 0. The van der Waals surface area contributed by atoms with Gasteiger partial charge in [0.1, 0.15) is 0 Å². The third-order valence-corrected chi connectivity index (χ3v) is 2.96. The predicted molar refractivity (Wildman–Crippen MR) is 65.0 cm³/mol. The third-order valence-electron chi connectivity index (χ3n) is 2.96. The summed E-state index contributed by atoms with van der Waals surface area (Å²) in [5, 5.41) is 9.50. The molecule has 1 atom stereocenters. The molecule has 3 N–H and O–H groups in total. The molecular formula is C12H16N2O3. The number of nitrogens with zero attached hydrogens (tertiary/aromatic N) is 1. The molecule has 92 valence electrons. The zero-order valence-electron chi connectivity index (χ0n) is 9.72. The van der Waals surface area contributed by atoms with Gasteiger partial charge in [-0.25, -0.2) is 4.79 Å². The molecule has 1 saturated heterocycles. The molecule has 0 amide bonds. The number of hydrogen-bond donors (Lipinski definition) is 2. The Morgan fingerprint density at radius 2 is 2.35 bits per heavy atom. The minimum absolute atomic E-state index is 0.323. The first-order valence-electron chi connectivity index (χ1n) is 5.52. The number of carbonyl (C=O) groups excluding carboxylic acids is 1. The fourth-order valence-electron chi connectivity index (χ4n) is 2.02. The molecule has 5 nitrogen and oxygen atoms in total. The number of carbonyl (C=O) groups is 1. The number of aliphatic hydroxyl groups is 1. The summed E-state index contributed by atoms with van der Waals surface area (Å²) in [7, 11) is 1.35. The molecular weight excluding hydrogens is 220 g/mol. The van der Waals surface area contributed by atoms with Gasteiger partial charge in [-0.1, -0.05) is 0 Å². The number of ether oxygens (including phenoxy) is 1. The highest BCUT2D eigenvalue weighted by atomic mass is 16.5. The second-order valence-corrected chi connectivity index (χ2v) is 4.15. The Hall–Kier alpha value is -1.75. The van der Waals surface area contributed by atoms with Crippen LogP contribution in [0, 0.1) is 0 Å². The van der Waals surface area contributed by atoms with Crippen LogP contribution in [0.1, 0.15) is 16.8 Å². The highest BCUT2D eigenvalue weighted by molar-refractivity contribution is 5.92. The maximum absolute atomic E-state index is 11.4. The van der Waals surface area contributed by atoms with Crippen molar-refractivity contribution in [2.75, 3.05) is 30.8 Å². The average Bonchev–Trinajstić information content (AvgIpc) is 2.75. The minimum atomic E-state index is -0.383. The Kier molecular flexibility index (Phi) is 3.19. The van der Waals surface area contributed by atoms with E-state index in [1.807, 2.05) is 4.90 Å². The van der Waals surface area contributed by atoms with E-state index in [4.69, 9.17) is 5.73 Å². The number of aliphatic hydroxyl groups excluding tert-OH is 1. The predicted octanol–water partition coefficient (Wildman–Crippen LogP) is 0.626. The summed E-state index contributed by atoms with van der Waals surface area (Å²) < 4.78 is 4.67. The number of nitrogens with two attached hydrogens (primary N) is 1. The van der Waals surface area contributed by atoms with Crippen molar-refractivity contribution in [3.05, 3.63) is 23.8 Å². The Bertz CT molecular complexity index is 434. The fraction of sp³-hybridized carbons (Fsp3) is 0.417. The van der Waals surface area contributed by atoms with E-state index in [1.165, 1.54) is 7.11 Å². The number of anilines is 2. The zero-order valence-corrected chi connectivity index (χ0v) is 9.72. The van der Waals surface area contributed by atoms with Crippen molar-refractivity contribution in [2.45, 2.75) is 12.5 Å². The molecule has 1 aromatic rings. The summed E-state index contributed by atoms with van der Waals surface area (Å²) in [6.07, 6.45) is 0.401. The lowest BCUT2D eigenvalue weighted by atomic mass is 10.1. The fourth-order valence-corrected chi connectivity index (χ4v) is 2.02. The van der Waals surface area contributed by atoms with Crippen molar-refractivity contribution in [3.8, 4) is 0 Å². The number of rotatable bonds is 2. The van der Waals surface area contributed by atoms with E-state index in [1.54, 1.807) is 18.2 Å². The van der Waals surface area contributed by atoms with E-state index in [2.05, 4.69) is 4.74 Å². The smallest absolute Gasteiger partial charge is 0.337 e. The van der Waals surface area contributed by atoms with E-state index < -0.39 is 0 Å². The van der Waals surface area contributed by atoms with Crippen LogP contribution in [0.25, 0.3) is 0 Å². The van der Waals surface area contributed by atoms with E-state index in [0.717, 1.165) is 18.7 Å². The SMILES string of the molecule is COC(=O)c1ccc(N)c(N2CCC(O)C2)c1. The lowest BCUT2D eigenvalue weighted by molar-refractivity contribution is 0.0601. The highest BCUT2D eigenvalue weighted by Gasteiger charge is 2.22. The molecule has 1 aliphatic rings. The molecule has 0 bridgehead atoms. The van der Waals surface area contributed by atoms with Crippen LogP contribution in [0.5, 0.6) is 0 Å². The molecule has 2 rings (SSSR count). The van der Waals surface area contributed by atoms with Gasteiger partial charge in [0.05, 0.1) is 30.2 Å². The van der Waals surface area contributed by atoms with Gasteiger partial charge in [-0.3, -0.25) is 0 Å². The number of methoxy groups -OCH3 is 1. The van der Waals surface area contributed by atoms with E-state index >= 15 is 0 Å². The normalized spacial score (nSPS) is 19.4. The first kappa shape index (κ1) is 11.7. The molecule has 1 aliphatic heterocycles. The molecule has 0 radical (unpaired) electrons. The molecule has 1 heterocycles. The largest absolute Gasteiger partial charge is 0.465 e. The zero-order chi connectivity index (χ0) is 12.4. The quantitative estimate of drug-likeness (QED) is 0.581. The van der Waals surface area contributed by atoms with Crippen LogP contribution in [-0.4, -0.2) is 37.4 Å². The van der Waals surface area contributed by atoms with Gasteiger partial charge in [0, 0.05) is 13.1 Å². The number of esters is 1. The van der Waals surface area contributed by atoms with Gasteiger partial charge < -0.3 is 20.5 Å². The average molecular weight is 236 g/mol. The molecule has 1 unspecified atom stereocenters. The van der Waals surface area contributed by atoms with Crippen LogP contribution < -0.4 is 10.6 Å². The lowest BCUT2D eigenvalue weighted by Crippen LogP contribution is -2.22. The molecule has 0 spiro atoms. The van der Waals surface area contributed by atoms with E-state index in [0.29, 0.717) is 17.8 Å². The Labute approximate surface area is 99.8 Å². The first-order valence-corrected chi connectivity index (χ1v) is 5.52. The van der Waals surface area contributed by atoms with Gasteiger partial charge in [0.25, 0.3) is 0 Å². The van der Waals surface area contributed by atoms with Crippen molar-refractivity contribution in [1.29, 1.82) is 0 Å². The van der Waals surface area contributed by atoms with Crippen LogP contribution in [0.3, 0.4) is 0 Å². The topological polar surface area (TPSA) is 75.8 Å². The van der Waals surface area contributed by atoms with E-state index in [-0.39, 0.29) is 12.1 Å². The second kappa shape index (κ2) is 4.63. The van der Waals surface area contributed by atoms with Crippen LogP contribution in [0.4, 0.5) is 11.4 Å². The first-order chi connectivity index (χ1) is 8.11. The molecule has 0 saturated carbocycles. The summed E-state index contributed by atoms with van der Waals surface area (Å²) in [5.74, 6) is -0.383. The van der Waals surface area contributed by atoms with Crippen molar-refractivity contribution < 1.29 is 14.6 Å². The van der Waals surface area contributed by atoms with Crippen molar-refractivity contribution in [1.82, 2.24) is 0 Å². The molecule has 17 heavy (non-hydrogen) atoms. The van der Waals surface area contributed by atoms with Crippen LogP contribution in [-0.2, 0) is 4.74 Å². The van der Waals surface area contributed by atoms with Crippen LogP contribution in [0.2, 0.25) is 0 Å². The maximum atomic E-state index is 11.4. The Balaban J connectivity index is 2.29. The molecule has 5 heteroatoms. The molecule has 0 aliphatic carbocycles. The van der Waals surface area contributed by atoms with Crippen molar-refractivity contribution in [2.24, 2.45) is 0 Å².